The van der Waals surface area contributed by atoms with Crippen LogP contribution in [0.1, 0.15) is 0 Å². The first-order valence-corrected chi connectivity index (χ1v) is 19.2. The summed E-state index contributed by atoms with van der Waals surface area (Å²) in [5.74, 6) is 3.41. The minimum Gasteiger partial charge on any atom is -0.456 e. The molecular formula is C54H32O2. The number of benzene rings is 10. The van der Waals surface area contributed by atoms with Gasteiger partial charge in [0.15, 0.2) is 0 Å². The van der Waals surface area contributed by atoms with Crippen molar-refractivity contribution in [2.45, 2.75) is 0 Å². The smallest absolute Gasteiger partial charge is 0.136 e. The third-order valence-corrected chi connectivity index (χ3v) is 11.7. The Labute approximate surface area is 324 Å². The highest BCUT2D eigenvalue weighted by Crippen LogP contribution is 2.56. The summed E-state index contributed by atoms with van der Waals surface area (Å²) in [6.07, 6.45) is 0. The fraction of sp³-hybridized carbons (Fsp3) is 0. The van der Waals surface area contributed by atoms with Gasteiger partial charge in [0.1, 0.15) is 23.0 Å². The van der Waals surface area contributed by atoms with E-state index in [1.54, 1.807) is 0 Å². The van der Waals surface area contributed by atoms with Gasteiger partial charge in [0.25, 0.3) is 0 Å². The molecule has 10 aromatic carbocycles. The van der Waals surface area contributed by atoms with Gasteiger partial charge in [-0.1, -0.05) is 158 Å². The lowest BCUT2D eigenvalue weighted by molar-refractivity contribution is 0.475. The Morgan fingerprint density at radius 2 is 0.643 bits per heavy atom. The van der Waals surface area contributed by atoms with Crippen LogP contribution in [-0.4, -0.2) is 0 Å². The molecule has 0 radical (unpaired) electrons. The van der Waals surface area contributed by atoms with E-state index in [0.29, 0.717) is 0 Å². The number of rotatable bonds is 4. The lowest BCUT2D eigenvalue weighted by atomic mass is 9.85. The Kier molecular flexibility index (Phi) is 6.66. The summed E-state index contributed by atoms with van der Waals surface area (Å²) in [4.78, 5) is 0. The normalized spacial score (nSPS) is 12.2. The van der Waals surface area contributed by atoms with Gasteiger partial charge < -0.3 is 9.47 Å². The summed E-state index contributed by atoms with van der Waals surface area (Å²) in [5, 5.41) is 7.05. The fourth-order valence-corrected chi connectivity index (χ4v) is 9.14. The number of ether oxygens (including phenoxy) is 2. The molecule has 0 aromatic heterocycles. The van der Waals surface area contributed by atoms with Crippen molar-refractivity contribution in [2.75, 3.05) is 0 Å². The molecule has 2 aliphatic rings. The molecule has 0 fully saturated rings. The molecule has 10 aromatic rings. The average molecular weight is 713 g/mol. The first-order valence-electron chi connectivity index (χ1n) is 19.2. The summed E-state index contributed by atoms with van der Waals surface area (Å²) in [6.45, 7) is 0. The molecule has 260 valence electrons. The van der Waals surface area contributed by atoms with Crippen molar-refractivity contribution in [3.05, 3.63) is 194 Å². The second-order valence-corrected chi connectivity index (χ2v) is 14.7. The fourth-order valence-electron chi connectivity index (χ4n) is 9.14. The number of hydrogen-bond acceptors (Lipinski definition) is 2. The van der Waals surface area contributed by atoms with Crippen molar-refractivity contribution in [3.8, 4) is 89.8 Å². The Balaban J connectivity index is 0.992. The van der Waals surface area contributed by atoms with Crippen LogP contribution in [0.4, 0.5) is 0 Å². The van der Waals surface area contributed by atoms with Gasteiger partial charge in [0, 0.05) is 21.9 Å². The molecule has 0 saturated carbocycles. The zero-order chi connectivity index (χ0) is 36.7. The van der Waals surface area contributed by atoms with Crippen molar-refractivity contribution >= 4 is 32.3 Å². The van der Waals surface area contributed by atoms with Crippen molar-refractivity contribution in [1.29, 1.82) is 0 Å². The summed E-state index contributed by atoms with van der Waals surface area (Å²) >= 11 is 0. The minimum absolute atomic E-state index is 0.846. The first kappa shape index (κ1) is 31.0. The Hall–Kier alpha value is -7.42. The summed E-state index contributed by atoms with van der Waals surface area (Å²) < 4.78 is 13.7. The Morgan fingerprint density at radius 3 is 1.11 bits per heavy atom. The predicted octanol–water partition coefficient (Wildman–Crippen LogP) is 15.4. The van der Waals surface area contributed by atoms with E-state index in [1.807, 2.05) is 0 Å². The van der Waals surface area contributed by atoms with Crippen LogP contribution in [0.2, 0.25) is 0 Å². The molecule has 2 nitrogen and oxygen atoms in total. The molecule has 2 heterocycles. The van der Waals surface area contributed by atoms with Crippen LogP contribution < -0.4 is 9.47 Å². The lowest BCUT2D eigenvalue weighted by Gasteiger charge is -2.28. The van der Waals surface area contributed by atoms with Crippen molar-refractivity contribution in [1.82, 2.24) is 0 Å². The highest BCUT2D eigenvalue weighted by molar-refractivity contribution is 6.15. The molecule has 12 rings (SSSR count). The molecule has 0 saturated heterocycles. The van der Waals surface area contributed by atoms with Gasteiger partial charge >= 0.3 is 0 Å². The molecule has 2 heteroatoms. The van der Waals surface area contributed by atoms with Crippen LogP contribution in [0.25, 0.3) is 99.1 Å². The highest BCUT2D eigenvalue weighted by atomic mass is 16.5. The maximum atomic E-state index is 6.85. The predicted molar refractivity (Wildman–Crippen MR) is 232 cm³/mol. The Bertz CT molecular complexity index is 3020. The summed E-state index contributed by atoms with van der Waals surface area (Å²) in [5.41, 5.74) is 13.9. The van der Waals surface area contributed by atoms with Crippen LogP contribution in [0, 0.1) is 0 Å². The van der Waals surface area contributed by atoms with E-state index in [9.17, 15) is 0 Å². The van der Waals surface area contributed by atoms with Crippen LogP contribution in [0.5, 0.6) is 23.0 Å². The molecule has 56 heavy (non-hydrogen) atoms. The molecule has 2 aliphatic heterocycles. The topological polar surface area (TPSA) is 18.5 Å². The molecular weight excluding hydrogens is 681 g/mol. The molecule has 0 unspecified atom stereocenters. The van der Waals surface area contributed by atoms with Gasteiger partial charge in [-0.15, -0.1) is 0 Å². The summed E-state index contributed by atoms with van der Waals surface area (Å²) in [7, 11) is 0. The van der Waals surface area contributed by atoms with E-state index in [-0.39, 0.29) is 0 Å². The van der Waals surface area contributed by atoms with Crippen molar-refractivity contribution in [3.63, 3.8) is 0 Å². The molecule has 0 spiro atoms. The Morgan fingerprint density at radius 1 is 0.250 bits per heavy atom. The van der Waals surface area contributed by atoms with Crippen LogP contribution in [-0.2, 0) is 0 Å². The average Bonchev–Trinajstić information content (AvgIpc) is 3.27. The molecule has 0 bridgehead atoms. The quantitative estimate of drug-likeness (QED) is 0.181. The van der Waals surface area contributed by atoms with Crippen LogP contribution in [0.15, 0.2) is 194 Å². The molecule has 0 amide bonds. The largest absolute Gasteiger partial charge is 0.456 e. The standard InChI is InChI=1S/C54H32O2/c1-3-11-33(12-4-1)41-23-19-35-15-7-9-17-39(35)51(41)37-21-25-43-45-27-28-46-44-26-22-38(32-50(44)56-48-30-29-47(53(45)54(46)48)55-49(43)31-37)52-40-18-10-8-16-36(40)20-24-42(52)34-13-5-2-6-14-34/h1-32H. The third-order valence-electron chi connectivity index (χ3n) is 11.7. The van der Waals surface area contributed by atoms with Gasteiger partial charge in [0.2, 0.25) is 0 Å². The first-order chi connectivity index (χ1) is 27.8. The second-order valence-electron chi connectivity index (χ2n) is 14.7. The van der Waals surface area contributed by atoms with Crippen molar-refractivity contribution < 1.29 is 9.47 Å². The van der Waals surface area contributed by atoms with Gasteiger partial charge in [-0.25, -0.2) is 0 Å². The molecule has 0 atom stereocenters. The van der Waals surface area contributed by atoms with E-state index < -0.39 is 0 Å². The SMILES string of the molecule is c1ccc(-c2ccc3ccccc3c2-c2ccc3c(c2)Oc2ccc4c5c(ccc-3c25)-c2ccc(-c3c(-c5ccccc5)ccc5ccccc35)cc2O4)cc1. The van der Waals surface area contributed by atoms with Gasteiger partial charge in [-0.05, 0) is 114 Å². The van der Waals surface area contributed by atoms with Crippen LogP contribution in [0.3, 0.4) is 0 Å². The molecule has 0 N–H and O–H groups in total. The lowest BCUT2D eigenvalue weighted by Crippen LogP contribution is -2.03. The van der Waals surface area contributed by atoms with E-state index in [1.165, 1.54) is 54.9 Å². The van der Waals surface area contributed by atoms with Gasteiger partial charge in [-0.3, -0.25) is 0 Å². The minimum atomic E-state index is 0.846. The van der Waals surface area contributed by atoms with Gasteiger partial charge in [0.05, 0.1) is 0 Å². The maximum absolute atomic E-state index is 6.85. The second kappa shape index (κ2) is 12.0. The van der Waals surface area contributed by atoms with Crippen molar-refractivity contribution in [2.24, 2.45) is 0 Å². The monoisotopic (exact) mass is 712 g/mol. The van der Waals surface area contributed by atoms with E-state index in [0.717, 1.165) is 67.2 Å². The third kappa shape index (κ3) is 4.63. The van der Waals surface area contributed by atoms with Gasteiger partial charge in [-0.2, -0.15) is 0 Å². The molecule has 0 aliphatic carbocycles. The van der Waals surface area contributed by atoms with Crippen LogP contribution >= 0.6 is 0 Å². The number of hydrogen-bond donors (Lipinski definition) is 0. The maximum Gasteiger partial charge on any atom is 0.136 e. The summed E-state index contributed by atoms with van der Waals surface area (Å²) in [6, 6.07) is 69.6. The zero-order valence-corrected chi connectivity index (χ0v) is 30.3. The number of fused-ring (bicyclic) bond motifs is 6. The highest BCUT2D eigenvalue weighted by Gasteiger charge is 2.29. The van der Waals surface area contributed by atoms with E-state index in [4.69, 9.17) is 9.47 Å². The van der Waals surface area contributed by atoms with E-state index in [2.05, 4.69) is 194 Å². The zero-order valence-electron chi connectivity index (χ0n) is 30.3. The van der Waals surface area contributed by atoms with E-state index >= 15 is 0 Å².